The third kappa shape index (κ3) is 2.27. The van der Waals surface area contributed by atoms with E-state index in [4.69, 9.17) is 0 Å². The van der Waals surface area contributed by atoms with Crippen molar-refractivity contribution in [2.45, 2.75) is 6.04 Å². The van der Waals surface area contributed by atoms with Gasteiger partial charge in [-0.15, -0.1) is 0 Å². The number of carbonyl (C=O) groups excluding carboxylic acids is 2. The van der Waals surface area contributed by atoms with Gasteiger partial charge in [-0.25, -0.2) is 9.18 Å². The predicted octanol–water partition coefficient (Wildman–Crippen LogP) is 1.06. The third-order valence-corrected chi connectivity index (χ3v) is 2.81. The second kappa shape index (κ2) is 5.03. The van der Waals surface area contributed by atoms with Crippen molar-refractivity contribution in [3.8, 4) is 0 Å². The molecule has 2 amide bonds. The number of halogens is 1. The van der Waals surface area contributed by atoms with Gasteiger partial charge in [0.25, 0.3) is 0 Å². The van der Waals surface area contributed by atoms with Crippen molar-refractivity contribution in [1.82, 2.24) is 10.2 Å². The van der Waals surface area contributed by atoms with Gasteiger partial charge < -0.3 is 10.1 Å². The van der Waals surface area contributed by atoms with Gasteiger partial charge in [-0.3, -0.25) is 9.69 Å². The molecule has 1 aliphatic rings. The van der Waals surface area contributed by atoms with Gasteiger partial charge in [-0.05, 0) is 17.7 Å². The van der Waals surface area contributed by atoms with Crippen LogP contribution in [0, 0.1) is 5.82 Å². The molecule has 5 nitrogen and oxygen atoms in total. The molecule has 1 saturated heterocycles. The van der Waals surface area contributed by atoms with Crippen LogP contribution in [0.4, 0.5) is 9.18 Å². The Morgan fingerprint density at radius 2 is 2.11 bits per heavy atom. The first-order valence-electron chi connectivity index (χ1n) is 5.51. The largest absolute Gasteiger partial charge is 0.453 e. The number of piperazine rings is 1. The normalized spacial score (nSPS) is 19.3. The Hall–Kier alpha value is -2.11. The molecule has 1 aromatic rings. The first kappa shape index (κ1) is 12.3. The lowest BCUT2D eigenvalue weighted by Gasteiger charge is -2.34. The van der Waals surface area contributed by atoms with Gasteiger partial charge in [0.1, 0.15) is 11.9 Å². The van der Waals surface area contributed by atoms with E-state index >= 15 is 0 Å². The Morgan fingerprint density at radius 3 is 2.72 bits per heavy atom. The first-order valence-corrected chi connectivity index (χ1v) is 5.51. The van der Waals surface area contributed by atoms with Crippen LogP contribution in [0.15, 0.2) is 24.3 Å². The average molecular weight is 252 g/mol. The second-order valence-corrected chi connectivity index (χ2v) is 3.91. The van der Waals surface area contributed by atoms with Crippen LogP contribution in [0.25, 0.3) is 0 Å². The maximum absolute atomic E-state index is 12.9. The zero-order chi connectivity index (χ0) is 13.1. The molecule has 2 rings (SSSR count). The number of methoxy groups -OCH3 is 1. The molecule has 0 radical (unpaired) electrons. The van der Waals surface area contributed by atoms with Crippen molar-refractivity contribution < 1.29 is 18.7 Å². The summed E-state index contributed by atoms with van der Waals surface area (Å²) in [6.45, 7) is 0.742. The van der Waals surface area contributed by atoms with Crippen LogP contribution in [0.2, 0.25) is 0 Å². The minimum absolute atomic E-state index is 0.293. The number of nitrogens with zero attached hydrogens (tertiary/aromatic N) is 1. The van der Waals surface area contributed by atoms with Crippen LogP contribution >= 0.6 is 0 Å². The van der Waals surface area contributed by atoms with Crippen molar-refractivity contribution >= 4 is 12.0 Å². The van der Waals surface area contributed by atoms with E-state index in [-0.39, 0.29) is 11.7 Å². The molecule has 6 heteroatoms. The van der Waals surface area contributed by atoms with Crippen LogP contribution in [0.1, 0.15) is 11.6 Å². The standard InChI is InChI=1S/C12H13FN2O3/c1-18-12(17)15-7-6-14-11(16)10(15)8-2-4-9(13)5-3-8/h2-5,10H,6-7H2,1H3,(H,14,16). The summed E-state index contributed by atoms with van der Waals surface area (Å²) in [5.74, 6) is -0.683. The third-order valence-electron chi connectivity index (χ3n) is 2.81. The molecule has 0 spiro atoms. The van der Waals surface area contributed by atoms with Crippen LogP contribution in [-0.2, 0) is 9.53 Å². The zero-order valence-electron chi connectivity index (χ0n) is 9.85. The highest BCUT2D eigenvalue weighted by Crippen LogP contribution is 2.24. The summed E-state index contributed by atoms with van der Waals surface area (Å²) in [4.78, 5) is 24.8. The molecular formula is C12H13FN2O3. The highest BCUT2D eigenvalue weighted by atomic mass is 19.1. The number of hydrogen-bond donors (Lipinski definition) is 1. The smallest absolute Gasteiger partial charge is 0.410 e. The Bertz CT molecular complexity index is 461. The van der Waals surface area contributed by atoms with Gasteiger partial charge in [0.2, 0.25) is 5.91 Å². The lowest BCUT2D eigenvalue weighted by Crippen LogP contribution is -2.52. The maximum Gasteiger partial charge on any atom is 0.410 e. The molecule has 18 heavy (non-hydrogen) atoms. The second-order valence-electron chi connectivity index (χ2n) is 3.91. The van der Waals surface area contributed by atoms with E-state index in [1.54, 1.807) is 0 Å². The number of benzene rings is 1. The molecule has 1 aliphatic heterocycles. The number of carbonyl (C=O) groups is 2. The van der Waals surface area contributed by atoms with Gasteiger partial charge in [0, 0.05) is 13.1 Å². The summed E-state index contributed by atoms with van der Waals surface area (Å²) in [5, 5.41) is 2.67. The first-order chi connectivity index (χ1) is 8.63. The molecule has 1 N–H and O–H groups in total. The fourth-order valence-corrected chi connectivity index (χ4v) is 1.96. The molecule has 0 aliphatic carbocycles. The summed E-state index contributed by atoms with van der Waals surface area (Å²) in [7, 11) is 1.26. The monoisotopic (exact) mass is 252 g/mol. The van der Waals surface area contributed by atoms with Crippen molar-refractivity contribution in [3.63, 3.8) is 0 Å². The van der Waals surface area contributed by atoms with E-state index in [0.29, 0.717) is 18.7 Å². The SMILES string of the molecule is COC(=O)N1CCNC(=O)C1c1ccc(F)cc1. The van der Waals surface area contributed by atoms with Crippen molar-refractivity contribution in [1.29, 1.82) is 0 Å². The summed E-state index contributed by atoms with van der Waals surface area (Å²) in [6.07, 6.45) is -0.570. The van der Waals surface area contributed by atoms with Crippen LogP contribution in [0.5, 0.6) is 0 Å². The van der Waals surface area contributed by atoms with E-state index in [9.17, 15) is 14.0 Å². The summed E-state index contributed by atoms with van der Waals surface area (Å²) >= 11 is 0. The van der Waals surface area contributed by atoms with Crippen molar-refractivity contribution in [3.05, 3.63) is 35.6 Å². The number of nitrogens with one attached hydrogen (secondary N) is 1. The van der Waals surface area contributed by atoms with E-state index in [2.05, 4.69) is 10.1 Å². The van der Waals surface area contributed by atoms with Crippen LogP contribution < -0.4 is 5.32 Å². The molecule has 0 bridgehead atoms. The Morgan fingerprint density at radius 1 is 1.44 bits per heavy atom. The van der Waals surface area contributed by atoms with Crippen LogP contribution in [-0.4, -0.2) is 37.1 Å². The molecule has 1 aromatic carbocycles. The Labute approximate surface area is 104 Å². The molecule has 1 unspecified atom stereocenters. The fourth-order valence-electron chi connectivity index (χ4n) is 1.96. The van der Waals surface area contributed by atoms with Gasteiger partial charge in [-0.1, -0.05) is 12.1 Å². The summed E-state index contributed by atoms with van der Waals surface area (Å²) < 4.78 is 17.5. The van der Waals surface area contributed by atoms with E-state index < -0.39 is 12.1 Å². The zero-order valence-corrected chi connectivity index (χ0v) is 9.85. The lowest BCUT2D eigenvalue weighted by molar-refractivity contribution is -0.128. The molecular weight excluding hydrogens is 239 g/mol. The molecule has 1 fully saturated rings. The molecule has 0 aromatic heterocycles. The Balaban J connectivity index is 2.32. The topological polar surface area (TPSA) is 58.6 Å². The van der Waals surface area contributed by atoms with Crippen molar-refractivity contribution in [2.24, 2.45) is 0 Å². The van der Waals surface area contributed by atoms with Crippen molar-refractivity contribution in [2.75, 3.05) is 20.2 Å². The van der Waals surface area contributed by atoms with E-state index in [1.807, 2.05) is 0 Å². The number of rotatable bonds is 1. The van der Waals surface area contributed by atoms with E-state index in [1.165, 1.54) is 36.3 Å². The molecule has 96 valence electrons. The summed E-state index contributed by atoms with van der Waals surface area (Å²) in [6, 6.07) is 4.72. The molecule has 1 atom stereocenters. The Kier molecular flexibility index (Phi) is 3.45. The minimum atomic E-state index is -0.771. The van der Waals surface area contributed by atoms with Gasteiger partial charge in [0.05, 0.1) is 7.11 Å². The number of ether oxygens (including phenoxy) is 1. The van der Waals surface area contributed by atoms with E-state index in [0.717, 1.165) is 0 Å². The lowest BCUT2D eigenvalue weighted by atomic mass is 10.0. The van der Waals surface area contributed by atoms with Gasteiger partial charge in [0.15, 0.2) is 0 Å². The average Bonchev–Trinajstić information content (AvgIpc) is 2.39. The summed E-state index contributed by atoms with van der Waals surface area (Å²) in [5.41, 5.74) is 0.555. The van der Waals surface area contributed by atoms with Crippen LogP contribution in [0.3, 0.4) is 0 Å². The minimum Gasteiger partial charge on any atom is -0.453 e. The fraction of sp³-hybridized carbons (Fsp3) is 0.333. The predicted molar refractivity (Wildman–Crippen MR) is 61.3 cm³/mol. The van der Waals surface area contributed by atoms with Gasteiger partial charge >= 0.3 is 6.09 Å². The molecule has 1 heterocycles. The highest BCUT2D eigenvalue weighted by molar-refractivity contribution is 5.87. The van der Waals surface area contributed by atoms with Gasteiger partial charge in [-0.2, -0.15) is 0 Å². The maximum atomic E-state index is 12.9. The molecule has 0 saturated carbocycles. The highest BCUT2D eigenvalue weighted by Gasteiger charge is 2.34. The number of amides is 2. The number of hydrogen-bond acceptors (Lipinski definition) is 3. The quantitative estimate of drug-likeness (QED) is 0.813.